The van der Waals surface area contributed by atoms with Crippen LogP contribution in [0.15, 0.2) is 84.9 Å². The summed E-state index contributed by atoms with van der Waals surface area (Å²) in [6.45, 7) is 1.92. The molecule has 0 spiro atoms. The number of quaternary nitrogens is 2. The van der Waals surface area contributed by atoms with Crippen molar-refractivity contribution in [2.45, 2.75) is 70.1 Å². The molecule has 4 aromatic carbocycles. The van der Waals surface area contributed by atoms with Crippen LogP contribution in [-0.4, -0.2) is 59.4 Å². The monoisotopic (exact) mass is 608 g/mol. The zero-order valence-electron chi connectivity index (χ0n) is 26.0. The van der Waals surface area contributed by atoms with Crippen LogP contribution in [0, 0.1) is 10.4 Å². The van der Waals surface area contributed by atoms with Crippen LogP contribution in [-0.2, 0) is 22.7 Å². The van der Waals surface area contributed by atoms with Gasteiger partial charge in [-0.15, -0.1) is 0 Å². The number of benzene rings is 4. The Morgan fingerprint density at radius 2 is 1.02 bits per heavy atom. The highest BCUT2D eigenvalue weighted by Gasteiger charge is 2.40. The SMILES string of the molecule is O=C(NCc1ccc2ccccc2c1)[C@H]1CCCC[N+]1([O-])CCC[N+]1([O-])CCCC[C@@H]1C(=O)NCc1ccc2ccccc2c1. The topological polar surface area (TPSA) is 104 Å². The van der Waals surface area contributed by atoms with Crippen molar-refractivity contribution < 1.29 is 18.9 Å². The van der Waals surface area contributed by atoms with Crippen LogP contribution in [0.25, 0.3) is 21.5 Å². The summed E-state index contributed by atoms with van der Waals surface area (Å²) < 4.78 is -1.19. The van der Waals surface area contributed by atoms with Gasteiger partial charge in [0.25, 0.3) is 11.8 Å². The molecule has 45 heavy (non-hydrogen) atoms. The largest absolute Gasteiger partial charge is 0.632 e. The average Bonchev–Trinajstić information content (AvgIpc) is 3.06. The third-order valence-electron chi connectivity index (χ3n) is 9.90. The molecule has 2 heterocycles. The molecule has 2 unspecified atom stereocenters. The van der Waals surface area contributed by atoms with Gasteiger partial charge in [-0.3, -0.25) is 9.59 Å². The first kappa shape index (κ1) is 31.2. The Bertz CT molecular complexity index is 1540. The zero-order valence-corrected chi connectivity index (χ0v) is 26.0. The number of carbonyl (C=O) groups is 2. The van der Waals surface area contributed by atoms with E-state index in [1.54, 1.807) is 0 Å². The number of hydrogen-bond donors (Lipinski definition) is 2. The summed E-state index contributed by atoms with van der Waals surface area (Å²) in [5.41, 5.74) is 1.99. The predicted molar refractivity (Wildman–Crippen MR) is 178 cm³/mol. The number of carbonyl (C=O) groups excluding carboxylic acids is 2. The normalized spacial score (nSPS) is 25.2. The van der Waals surface area contributed by atoms with E-state index in [1.807, 2.05) is 60.7 Å². The van der Waals surface area contributed by atoms with E-state index in [2.05, 4.69) is 34.9 Å². The van der Waals surface area contributed by atoms with E-state index in [9.17, 15) is 20.0 Å². The molecule has 0 aromatic heterocycles. The van der Waals surface area contributed by atoms with E-state index in [-0.39, 0.29) is 24.9 Å². The number of likely N-dealkylation sites (tertiary alicyclic amines) is 2. The Hall–Kier alpha value is -3.82. The fourth-order valence-corrected chi connectivity index (χ4v) is 7.36. The first-order valence-corrected chi connectivity index (χ1v) is 16.5. The predicted octanol–water partition coefficient (Wildman–Crippen LogP) is 6.05. The first-order chi connectivity index (χ1) is 21.8. The Morgan fingerprint density at radius 3 is 1.47 bits per heavy atom. The van der Waals surface area contributed by atoms with Gasteiger partial charge in [-0.05, 0) is 70.5 Å². The maximum Gasteiger partial charge on any atom is 0.278 e. The van der Waals surface area contributed by atoms with Crippen LogP contribution in [0.5, 0.6) is 0 Å². The minimum absolute atomic E-state index is 0.210. The van der Waals surface area contributed by atoms with Gasteiger partial charge < -0.3 is 30.3 Å². The van der Waals surface area contributed by atoms with Crippen molar-refractivity contribution >= 4 is 33.4 Å². The van der Waals surface area contributed by atoms with Crippen LogP contribution >= 0.6 is 0 Å². The fourth-order valence-electron chi connectivity index (χ4n) is 7.36. The Morgan fingerprint density at radius 1 is 0.600 bits per heavy atom. The molecule has 4 aromatic rings. The number of nitrogens with one attached hydrogen (secondary N) is 2. The summed E-state index contributed by atoms with van der Waals surface area (Å²) in [7, 11) is 0. The lowest BCUT2D eigenvalue weighted by Gasteiger charge is -2.53. The molecule has 6 rings (SSSR count). The van der Waals surface area contributed by atoms with Crippen LogP contribution in [0.3, 0.4) is 0 Å². The highest BCUT2D eigenvalue weighted by molar-refractivity contribution is 5.85. The summed E-state index contributed by atoms with van der Waals surface area (Å²) in [6, 6.07) is 27.1. The molecular weight excluding hydrogens is 564 g/mol. The van der Waals surface area contributed by atoms with Crippen LogP contribution < -0.4 is 10.6 Å². The summed E-state index contributed by atoms with van der Waals surface area (Å²) in [5.74, 6) is -0.430. The van der Waals surface area contributed by atoms with Crippen molar-refractivity contribution in [2.24, 2.45) is 0 Å². The van der Waals surface area contributed by atoms with Gasteiger partial charge in [0.2, 0.25) is 0 Å². The van der Waals surface area contributed by atoms with Crippen molar-refractivity contribution in [3.8, 4) is 0 Å². The highest BCUT2D eigenvalue weighted by atomic mass is 16.6. The Kier molecular flexibility index (Phi) is 9.47. The molecule has 8 heteroatoms. The van der Waals surface area contributed by atoms with Gasteiger partial charge in [-0.1, -0.05) is 72.8 Å². The molecule has 2 saturated heterocycles. The molecule has 0 aliphatic carbocycles. The molecule has 2 N–H and O–H groups in total. The third-order valence-corrected chi connectivity index (χ3v) is 9.90. The molecule has 4 atom stereocenters. The number of fused-ring (bicyclic) bond motifs is 2. The molecule has 0 bridgehead atoms. The van der Waals surface area contributed by atoms with Gasteiger partial charge in [0.15, 0.2) is 12.1 Å². The smallest absolute Gasteiger partial charge is 0.278 e. The number of amides is 2. The molecule has 8 nitrogen and oxygen atoms in total. The van der Waals surface area contributed by atoms with Crippen molar-refractivity contribution in [2.75, 3.05) is 26.2 Å². The van der Waals surface area contributed by atoms with Gasteiger partial charge in [0.1, 0.15) is 0 Å². The van der Waals surface area contributed by atoms with E-state index in [4.69, 9.17) is 0 Å². The Labute approximate surface area is 265 Å². The number of hydroxylamine groups is 6. The van der Waals surface area contributed by atoms with Gasteiger partial charge in [0.05, 0.1) is 26.2 Å². The zero-order chi connectivity index (χ0) is 31.3. The lowest BCUT2D eigenvalue weighted by atomic mass is 9.98. The molecule has 2 aliphatic rings. The van der Waals surface area contributed by atoms with Crippen LogP contribution in [0.4, 0.5) is 0 Å². The van der Waals surface area contributed by atoms with Gasteiger partial charge in [-0.25, -0.2) is 0 Å². The number of rotatable bonds is 10. The maximum atomic E-state index is 14.1. The number of piperidine rings is 2. The van der Waals surface area contributed by atoms with E-state index >= 15 is 0 Å². The van der Waals surface area contributed by atoms with Crippen molar-refractivity contribution in [1.82, 2.24) is 10.6 Å². The standard InChI is InChI=1S/C37H44N4O4/c42-36(38-26-28-16-18-30-10-1-3-12-32(30)24-28)34-14-5-7-20-40(34,44)22-9-23-41(45)21-8-6-15-35(41)37(43)39-27-29-17-19-31-11-2-4-13-33(31)25-29/h1-4,10-13,16-19,24-25,34-35H,5-9,14-15,20-23,26-27H2,(H,38,42)(H,39,43)/t34-,35-,40?,41?/m1/s1. The first-order valence-electron chi connectivity index (χ1n) is 16.5. The average molecular weight is 609 g/mol. The summed E-state index contributed by atoms with van der Waals surface area (Å²) in [4.78, 5) is 26.7. The highest BCUT2D eigenvalue weighted by Crippen LogP contribution is 2.29. The molecule has 2 aliphatic heterocycles. The van der Waals surface area contributed by atoms with E-state index < -0.39 is 21.4 Å². The van der Waals surface area contributed by atoms with E-state index in [0.717, 1.165) is 58.4 Å². The van der Waals surface area contributed by atoms with Gasteiger partial charge in [-0.2, -0.15) is 0 Å². The molecule has 236 valence electrons. The second-order valence-electron chi connectivity index (χ2n) is 13.0. The molecular formula is C37H44N4O4. The Balaban J connectivity index is 1.04. The third kappa shape index (κ3) is 7.20. The second-order valence-corrected chi connectivity index (χ2v) is 13.0. The number of hydrogen-bond acceptors (Lipinski definition) is 4. The van der Waals surface area contributed by atoms with Gasteiger partial charge >= 0.3 is 0 Å². The van der Waals surface area contributed by atoms with Gasteiger partial charge in [0, 0.05) is 32.4 Å². The quantitative estimate of drug-likeness (QED) is 0.169. The van der Waals surface area contributed by atoms with E-state index in [0.29, 0.717) is 45.4 Å². The van der Waals surface area contributed by atoms with Crippen molar-refractivity contribution in [1.29, 1.82) is 0 Å². The lowest BCUT2D eigenvalue weighted by Crippen LogP contribution is -2.62. The second kappa shape index (κ2) is 13.7. The summed E-state index contributed by atoms with van der Waals surface area (Å²) in [6.07, 6.45) is 4.71. The maximum absolute atomic E-state index is 14.1. The fraction of sp³-hybridized carbons (Fsp3) is 0.405. The van der Waals surface area contributed by atoms with Crippen LogP contribution in [0.2, 0.25) is 0 Å². The van der Waals surface area contributed by atoms with Crippen molar-refractivity contribution in [3.05, 3.63) is 106 Å². The summed E-state index contributed by atoms with van der Waals surface area (Å²) >= 11 is 0. The molecule has 2 amide bonds. The minimum atomic E-state index is -0.679. The molecule has 2 fully saturated rings. The minimum Gasteiger partial charge on any atom is -0.632 e. The summed E-state index contributed by atoms with van der Waals surface area (Å²) in [5, 5.41) is 38.7. The number of nitrogens with zero attached hydrogens (tertiary/aromatic N) is 2. The van der Waals surface area contributed by atoms with E-state index in [1.165, 1.54) is 0 Å². The lowest BCUT2D eigenvalue weighted by molar-refractivity contribution is -0.919. The van der Waals surface area contributed by atoms with Crippen LogP contribution in [0.1, 0.15) is 56.1 Å². The molecule has 0 radical (unpaired) electrons. The molecule has 0 saturated carbocycles. The van der Waals surface area contributed by atoms with Crippen molar-refractivity contribution in [3.63, 3.8) is 0 Å².